The smallest absolute Gasteiger partial charge is 0.0717 e. The van der Waals surface area contributed by atoms with E-state index in [1.807, 2.05) is 188 Å². The second-order valence-corrected chi connectivity index (χ2v) is 25.4. The predicted octanol–water partition coefficient (Wildman–Crippen LogP) is 13.1. The van der Waals surface area contributed by atoms with E-state index in [9.17, 15) is 0 Å². The summed E-state index contributed by atoms with van der Waals surface area (Å²) in [6.07, 6.45) is 8.76. The Bertz CT molecular complexity index is 1160. The van der Waals surface area contributed by atoms with Gasteiger partial charge in [0.15, 0.2) is 0 Å². The summed E-state index contributed by atoms with van der Waals surface area (Å²) in [4.78, 5) is 0. The zero-order valence-electron chi connectivity index (χ0n) is 21.4. The molecule has 0 fully saturated rings. The summed E-state index contributed by atoms with van der Waals surface area (Å²) >= 11 is 30.5. The molecule has 40 heavy (non-hydrogen) atoms. The first-order chi connectivity index (χ1) is 19.6. The maximum atomic E-state index is 3.44. The van der Waals surface area contributed by atoms with Crippen LogP contribution in [0.1, 0.15) is 0 Å². The highest BCUT2D eigenvalue weighted by molar-refractivity contribution is 8.46. The summed E-state index contributed by atoms with van der Waals surface area (Å²) in [6, 6.07) is 0. The SMILES string of the molecule is CSC1=C2SCC#CCSC3=C(SC)S/C(=C4\SC(SC)=C(SCC#CCSC5=C(SC)SC(=C(S1)S2)S5)S4)S3. The van der Waals surface area contributed by atoms with E-state index in [0.717, 1.165) is 23.0 Å². The van der Waals surface area contributed by atoms with Crippen molar-refractivity contribution in [2.45, 2.75) is 0 Å². The van der Waals surface area contributed by atoms with Crippen LogP contribution in [0.5, 0.6) is 0 Å². The third kappa shape index (κ3) is 9.15. The molecule has 0 saturated heterocycles. The highest BCUT2D eigenvalue weighted by atomic mass is 32.3. The fourth-order valence-corrected chi connectivity index (χ4v) is 24.3. The van der Waals surface area contributed by atoms with Gasteiger partial charge in [-0.15, -0.1) is 94.1 Å². The summed E-state index contributed by atoms with van der Waals surface area (Å²) < 4.78 is 17.0. The second kappa shape index (κ2) is 17.9. The van der Waals surface area contributed by atoms with E-state index in [-0.39, 0.29) is 0 Å². The maximum absolute atomic E-state index is 3.44. The zero-order chi connectivity index (χ0) is 27.9. The van der Waals surface area contributed by atoms with Gasteiger partial charge in [0.2, 0.25) is 0 Å². The zero-order valence-corrected chi connectivity index (χ0v) is 34.4. The van der Waals surface area contributed by atoms with Gasteiger partial charge in [-0.3, -0.25) is 0 Å². The number of hydrogen-bond acceptors (Lipinski definition) is 16. The molecule has 0 aromatic rings. The Kier molecular flexibility index (Phi) is 15.4. The van der Waals surface area contributed by atoms with Gasteiger partial charge in [-0.2, -0.15) is 0 Å². The highest BCUT2D eigenvalue weighted by Gasteiger charge is 2.31. The molecular formula is C24H20S16. The number of rotatable bonds is 4. The van der Waals surface area contributed by atoms with Gasteiger partial charge in [0.1, 0.15) is 0 Å². The minimum atomic E-state index is 0.840. The normalized spacial score (nSPS) is 24.5. The molecule has 0 aromatic carbocycles. The molecule has 0 amide bonds. The molecule has 0 aromatic heterocycles. The minimum Gasteiger partial charge on any atom is -0.121 e. The molecular weight excluding hydrogens is 801 g/mol. The molecule has 0 saturated carbocycles. The van der Waals surface area contributed by atoms with Crippen LogP contribution < -0.4 is 0 Å². The van der Waals surface area contributed by atoms with Crippen LogP contribution in [-0.4, -0.2) is 48.0 Å². The van der Waals surface area contributed by atoms with Crippen LogP contribution in [0.3, 0.4) is 0 Å². The molecule has 0 N–H and O–H groups in total. The van der Waals surface area contributed by atoms with Gasteiger partial charge in [0.05, 0.1) is 73.9 Å². The summed E-state index contributed by atoms with van der Waals surface area (Å²) in [5.41, 5.74) is 0. The Morgan fingerprint density at radius 2 is 0.575 bits per heavy atom. The van der Waals surface area contributed by atoms with Gasteiger partial charge < -0.3 is 0 Å². The molecule has 0 aliphatic carbocycles. The van der Waals surface area contributed by atoms with Gasteiger partial charge in [-0.25, -0.2) is 0 Å². The van der Waals surface area contributed by atoms with E-state index in [1.165, 1.54) is 50.8 Å². The van der Waals surface area contributed by atoms with Crippen LogP contribution >= 0.6 is 188 Å². The summed E-state index contributed by atoms with van der Waals surface area (Å²) in [5.74, 6) is 17.1. The van der Waals surface area contributed by atoms with Crippen LogP contribution in [0.25, 0.3) is 0 Å². The lowest BCUT2D eigenvalue weighted by Crippen LogP contribution is -1.77. The lowest BCUT2D eigenvalue weighted by molar-refractivity contribution is 1.86. The van der Waals surface area contributed by atoms with Crippen molar-refractivity contribution >= 4 is 188 Å². The Balaban J connectivity index is 1.34. The standard InChI is InChI=1S/C24H20S16/c1-25-13-17-29-9-5-6-10-31-19-15(27-3)35-23(39-19)24-36-16(28-4)20(40-24)32-12-8-7-11-30-18-14(26-2)34-22(38-18)21(33-13)37-17/h9-12H2,1-4H3/b22-21-,24-23?. The lowest BCUT2D eigenvalue weighted by atomic mass is 10.7. The number of fused-ring (bicyclic) bond motifs is 8. The van der Waals surface area contributed by atoms with E-state index in [0.29, 0.717) is 0 Å². The predicted molar refractivity (Wildman–Crippen MR) is 222 cm³/mol. The molecule has 0 nitrogen and oxygen atoms in total. The van der Waals surface area contributed by atoms with Crippen molar-refractivity contribution < 1.29 is 0 Å². The van der Waals surface area contributed by atoms with E-state index in [1.54, 1.807) is 0 Å². The molecule has 0 unspecified atom stereocenters. The monoisotopic (exact) mass is 820 g/mol. The average molecular weight is 821 g/mol. The lowest BCUT2D eigenvalue weighted by Gasteiger charge is -2.02. The summed E-state index contributed by atoms with van der Waals surface area (Å²) in [5, 5.41) is 0. The first-order valence-corrected chi connectivity index (χ1v) is 26.5. The molecule has 5 aliphatic rings. The molecule has 16 heteroatoms. The van der Waals surface area contributed by atoms with Gasteiger partial charge in [-0.05, 0) is 25.0 Å². The van der Waals surface area contributed by atoms with Crippen molar-refractivity contribution in [3.05, 3.63) is 50.8 Å². The van der Waals surface area contributed by atoms with Gasteiger partial charge in [0, 0.05) is 0 Å². The van der Waals surface area contributed by atoms with Crippen molar-refractivity contribution in [2.75, 3.05) is 48.0 Å². The quantitative estimate of drug-likeness (QED) is 0.247. The molecule has 8 bridgehead atoms. The maximum Gasteiger partial charge on any atom is 0.0717 e. The van der Waals surface area contributed by atoms with Crippen LogP contribution in [0.4, 0.5) is 0 Å². The van der Waals surface area contributed by atoms with Gasteiger partial charge >= 0.3 is 0 Å². The largest absolute Gasteiger partial charge is 0.121 e. The molecule has 5 aliphatic heterocycles. The Morgan fingerprint density at radius 1 is 0.350 bits per heavy atom. The first kappa shape index (κ1) is 34.5. The molecule has 5 heterocycles. The Morgan fingerprint density at radius 3 is 0.775 bits per heavy atom. The van der Waals surface area contributed by atoms with Crippen LogP contribution in [0.2, 0.25) is 0 Å². The van der Waals surface area contributed by atoms with Crippen LogP contribution in [-0.2, 0) is 0 Å². The van der Waals surface area contributed by atoms with E-state index in [4.69, 9.17) is 0 Å². The van der Waals surface area contributed by atoms with Gasteiger partial charge in [-0.1, -0.05) is 118 Å². The Hall–Kier alpha value is 3.16. The van der Waals surface area contributed by atoms with Crippen molar-refractivity contribution in [3.63, 3.8) is 0 Å². The third-order valence-corrected chi connectivity index (χ3v) is 26.6. The van der Waals surface area contributed by atoms with E-state index >= 15 is 0 Å². The van der Waals surface area contributed by atoms with Crippen molar-refractivity contribution in [3.8, 4) is 23.7 Å². The fourth-order valence-electron chi connectivity index (χ4n) is 2.89. The van der Waals surface area contributed by atoms with Gasteiger partial charge in [0.25, 0.3) is 0 Å². The molecule has 0 atom stereocenters. The third-order valence-electron chi connectivity index (χ3n) is 4.58. The average Bonchev–Trinajstić information content (AvgIpc) is 3.75. The molecule has 0 radical (unpaired) electrons. The second-order valence-electron chi connectivity index (χ2n) is 6.94. The van der Waals surface area contributed by atoms with E-state index in [2.05, 4.69) is 48.7 Å². The summed E-state index contributed by atoms with van der Waals surface area (Å²) in [7, 11) is 0. The topological polar surface area (TPSA) is 0 Å². The highest BCUT2D eigenvalue weighted by Crippen LogP contribution is 2.67. The van der Waals surface area contributed by atoms with Crippen LogP contribution in [0, 0.1) is 23.7 Å². The van der Waals surface area contributed by atoms with Crippen molar-refractivity contribution in [1.29, 1.82) is 0 Å². The van der Waals surface area contributed by atoms with Crippen molar-refractivity contribution in [1.82, 2.24) is 0 Å². The molecule has 212 valence electrons. The Labute approximate surface area is 306 Å². The summed E-state index contributed by atoms with van der Waals surface area (Å²) in [6.45, 7) is 0. The minimum absolute atomic E-state index is 0.840. The first-order valence-electron chi connectivity index (χ1n) is 11.1. The molecule has 0 spiro atoms. The van der Waals surface area contributed by atoms with Crippen molar-refractivity contribution in [2.24, 2.45) is 0 Å². The number of hydrogen-bond donors (Lipinski definition) is 0. The fraction of sp³-hybridized carbons (Fsp3) is 0.333. The molecule has 5 rings (SSSR count). The van der Waals surface area contributed by atoms with Crippen LogP contribution in [0.15, 0.2) is 50.8 Å². The number of thioether (sulfide) groups is 16. The van der Waals surface area contributed by atoms with E-state index < -0.39 is 0 Å².